The molecule has 21 heavy (non-hydrogen) atoms. The Hall–Kier alpha value is -0.610. The summed E-state index contributed by atoms with van der Waals surface area (Å²) in [6.45, 7) is 5.75. The maximum absolute atomic E-state index is 12.1. The number of amides is 1. The average Bonchev–Trinajstić information content (AvgIpc) is 2.48. The summed E-state index contributed by atoms with van der Waals surface area (Å²) in [5.74, 6) is 0.420. The number of nitrogens with one attached hydrogen (secondary N) is 1. The van der Waals surface area contributed by atoms with E-state index in [1.807, 2.05) is 0 Å². The van der Waals surface area contributed by atoms with Gasteiger partial charge in [-0.05, 0) is 44.9 Å². The largest absolute Gasteiger partial charge is 0.378 e. The molecule has 1 fully saturated rings. The third-order valence-electron chi connectivity index (χ3n) is 4.34. The quantitative estimate of drug-likeness (QED) is 0.609. The predicted molar refractivity (Wildman–Crippen MR) is 87.1 cm³/mol. The molecule has 4 heteroatoms. The Labute approximate surface area is 130 Å². The van der Waals surface area contributed by atoms with Gasteiger partial charge in [-0.25, -0.2) is 0 Å². The molecule has 0 bridgehead atoms. The fourth-order valence-electron chi connectivity index (χ4n) is 3.04. The first-order valence-corrected chi connectivity index (χ1v) is 8.82. The molecule has 0 atom stereocenters. The van der Waals surface area contributed by atoms with Gasteiger partial charge in [0.05, 0.1) is 6.10 Å². The summed E-state index contributed by atoms with van der Waals surface area (Å²) >= 11 is 0. The lowest BCUT2D eigenvalue weighted by Crippen LogP contribution is -2.33. The SMILES string of the molecule is CCCC(CCC)C(=O)NCCCOC1CCC(N)CC1. The van der Waals surface area contributed by atoms with Crippen molar-refractivity contribution < 1.29 is 9.53 Å². The van der Waals surface area contributed by atoms with Crippen molar-refractivity contribution in [3.63, 3.8) is 0 Å². The molecule has 0 heterocycles. The van der Waals surface area contributed by atoms with Gasteiger partial charge >= 0.3 is 0 Å². The van der Waals surface area contributed by atoms with Gasteiger partial charge in [0.15, 0.2) is 0 Å². The van der Waals surface area contributed by atoms with Crippen molar-refractivity contribution in [1.82, 2.24) is 5.32 Å². The molecule has 0 radical (unpaired) electrons. The molecular formula is C17H34N2O2. The van der Waals surface area contributed by atoms with Crippen LogP contribution in [0.2, 0.25) is 0 Å². The second-order valence-electron chi connectivity index (χ2n) is 6.33. The van der Waals surface area contributed by atoms with Gasteiger partial charge in [0.2, 0.25) is 5.91 Å². The van der Waals surface area contributed by atoms with Crippen molar-refractivity contribution in [3.05, 3.63) is 0 Å². The van der Waals surface area contributed by atoms with Gasteiger partial charge in [0.25, 0.3) is 0 Å². The van der Waals surface area contributed by atoms with Crippen LogP contribution in [0.5, 0.6) is 0 Å². The van der Waals surface area contributed by atoms with Gasteiger partial charge < -0.3 is 15.8 Å². The van der Waals surface area contributed by atoms with Gasteiger partial charge in [-0.1, -0.05) is 26.7 Å². The van der Waals surface area contributed by atoms with E-state index in [0.717, 1.165) is 70.9 Å². The molecule has 0 aromatic carbocycles. The highest BCUT2D eigenvalue weighted by Gasteiger charge is 2.19. The summed E-state index contributed by atoms with van der Waals surface area (Å²) in [6.07, 6.45) is 9.76. The Morgan fingerprint density at radius 2 is 1.81 bits per heavy atom. The molecular weight excluding hydrogens is 264 g/mol. The van der Waals surface area contributed by atoms with E-state index >= 15 is 0 Å². The number of ether oxygens (including phenoxy) is 1. The van der Waals surface area contributed by atoms with Crippen LogP contribution < -0.4 is 11.1 Å². The molecule has 4 nitrogen and oxygen atoms in total. The van der Waals surface area contributed by atoms with Crippen LogP contribution in [0.3, 0.4) is 0 Å². The van der Waals surface area contributed by atoms with E-state index in [9.17, 15) is 4.79 Å². The fourth-order valence-corrected chi connectivity index (χ4v) is 3.04. The van der Waals surface area contributed by atoms with Gasteiger partial charge in [-0.3, -0.25) is 4.79 Å². The molecule has 0 aromatic heterocycles. The van der Waals surface area contributed by atoms with Crippen molar-refractivity contribution in [2.75, 3.05) is 13.2 Å². The summed E-state index contributed by atoms with van der Waals surface area (Å²) in [5.41, 5.74) is 5.88. The first-order chi connectivity index (χ1) is 10.2. The molecule has 0 aliphatic heterocycles. The predicted octanol–water partition coefficient (Wildman–Crippen LogP) is 3.00. The second kappa shape index (κ2) is 11.0. The molecule has 0 spiro atoms. The maximum Gasteiger partial charge on any atom is 0.223 e. The molecule has 3 N–H and O–H groups in total. The van der Waals surface area contributed by atoms with Crippen LogP contribution in [-0.2, 0) is 9.53 Å². The highest BCUT2D eigenvalue weighted by atomic mass is 16.5. The monoisotopic (exact) mass is 298 g/mol. The Kier molecular flexibility index (Phi) is 9.68. The first kappa shape index (κ1) is 18.4. The van der Waals surface area contributed by atoms with Crippen LogP contribution in [-0.4, -0.2) is 31.2 Å². The number of carbonyl (C=O) groups is 1. The van der Waals surface area contributed by atoms with Crippen LogP contribution in [0.1, 0.15) is 71.6 Å². The lowest BCUT2D eigenvalue weighted by Gasteiger charge is -2.26. The Morgan fingerprint density at radius 3 is 2.38 bits per heavy atom. The van der Waals surface area contributed by atoms with Gasteiger partial charge in [-0.15, -0.1) is 0 Å². The van der Waals surface area contributed by atoms with Crippen molar-refractivity contribution in [3.8, 4) is 0 Å². The molecule has 1 rings (SSSR count). The van der Waals surface area contributed by atoms with Crippen LogP contribution in [0.25, 0.3) is 0 Å². The van der Waals surface area contributed by atoms with Crippen LogP contribution >= 0.6 is 0 Å². The summed E-state index contributed by atoms with van der Waals surface area (Å²) in [4.78, 5) is 12.1. The zero-order valence-corrected chi connectivity index (χ0v) is 13.9. The highest BCUT2D eigenvalue weighted by molar-refractivity contribution is 5.78. The van der Waals surface area contributed by atoms with Crippen molar-refractivity contribution in [2.24, 2.45) is 11.7 Å². The number of hydrogen-bond acceptors (Lipinski definition) is 3. The Bertz CT molecular complexity index is 270. The van der Waals surface area contributed by atoms with E-state index in [0.29, 0.717) is 12.1 Å². The van der Waals surface area contributed by atoms with E-state index in [4.69, 9.17) is 10.5 Å². The Balaban J connectivity index is 2.05. The van der Waals surface area contributed by atoms with Gasteiger partial charge in [0, 0.05) is 25.1 Å². The van der Waals surface area contributed by atoms with Crippen LogP contribution in [0.15, 0.2) is 0 Å². The highest BCUT2D eigenvalue weighted by Crippen LogP contribution is 2.19. The van der Waals surface area contributed by atoms with Gasteiger partial charge in [0.1, 0.15) is 0 Å². The minimum absolute atomic E-state index is 0.195. The standard InChI is InChI=1S/C17H34N2O2/c1-3-6-14(7-4-2)17(20)19-12-5-13-21-16-10-8-15(18)9-11-16/h14-16H,3-13,18H2,1-2H3,(H,19,20). The summed E-state index contributed by atoms with van der Waals surface area (Å²) in [5, 5.41) is 3.06. The number of hydrogen-bond donors (Lipinski definition) is 2. The van der Waals surface area contributed by atoms with E-state index in [-0.39, 0.29) is 11.8 Å². The molecule has 0 saturated heterocycles. The fraction of sp³-hybridized carbons (Fsp3) is 0.941. The van der Waals surface area contributed by atoms with Crippen LogP contribution in [0, 0.1) is 5.92 Å². The summed E-state index contributed by atoms with van der Waals surface area (Å²) in [6, 6.07) is 0.373. The Morgan fingerprint density at radius 1 is 1.19 bits per heavy atom. The van der Waals surface area contributed by atoms with Gasteiger partial charge in [-0.2, -0.15) is 0 Å². The molecule has 1 aliphatic carbocycles. The number of carbonyl (C=O) groups excluding carboxylic acids is 1. The summed E-state index contributed by atoms with van der Waals surface area (Å²) in [7, 11) is 0. The van der Waals surface area contributed by atoms with Crippen molar-refractivity contribution in [2.45, 2.75) is 83.8 Å². The molecule has 1 aliphatic rings. The number of rotatable bonds is 10. The van der Waals surface area contributed by atoms with E-state index in [1.54, 1.807) is 0 Å². The third kappa shape index (κ3) is 7.82. The normalized spacial score (nSPS) is 22.5. The van der Waals surface area contributed by atoms with E-state index in [1.165, 1.54) is 0 Å². The smallest absolute Gasteiger partial charge is 0.223 e. The lowest BCUT2D eigenvalue weighted by atomic mass is 9.94. The topological polar surface area (TPSA) is 64.3 Å². The maximum atomic E-state index is 12.1. The van der Waals surface area contributed by atoms with Crippen LogP contribution in [0.4, 0.5) is 0 Å². The number of nitrogens with two attached hydrogens (primary N) is 1. The lowest BCUT2D eigenvalue weighted by molar-refractivity contribution is -0.125. The molecule has 1 amide bonds. The van der Waals surface area contributed by atoms with E-state index < -0.39 is 0 Å². The summed E-state index contributed by atoms with van der Waals surface area (Å²) < 4.78 is 5.86. The molecule has 0 unspecified atom stereocenters. The minimum Gasteiger partial charge on any atom is -0.378 e. The zero-order valence-electron chi connectivity index (χ0n) is 13.9. The molecule has 0 aromatic rings. The second-order valence-corrected chi connectivity index (χ2v) is 6.33. The first-order valence-electron chi connectivity index (χ1n) is 8.82. The zero-order chi connectivity index (χ0) is 15.5. The molecule has 1 saturated carbocycles. The molecule has 124 valence electrons. The van der Waals surface area contributed by atoms with E-state index in [2.05, 4.69) is 19.2 Å². The minimum atomic E-state index is 0.195. The van der Waals surface area contributed by atoms with Crippen molar-refractivity contribution >= 4 is 5.91 Å². The van der Waals surface area contributed by atoms with Crippen molar-refractivity contribution in [1.29, 1.82) is 0 Å². The average molecular weight is 298 g/mol. The third-order valence-corrected chi connectivity index (χ3v) is 4.34.